The summed E-state index contributed by atoms with van der Waals surface area (Å²) in [6.07, 6.45) is 5.92. The van der Waals surface area contributed by atoms with E-state index in [4.69, 9.17) is 28.9 Å². The Morgan fingerprint density at radius 3 is 2.22 bits per heavy atom. The molecule has 1 heterocycles. The Bertz CT molecular complexity index is 847. The van der Waals surface area contributed by atoms with Crippen molar-refractivity contribution in [3.05, 3.63) is 57.1 Å². The van der Waals surface area contributed by atoms with Gasteiger partial charge in [-0.1, -0.05) is 43.1 Å². The number of hydrogen-bond acceptors (Lipinski definition) is 3. The maximum absolute atomic E-state index is 13.0. The molecule has 0 aliphatic heterocycles. The minimum atomic E-state index is -1.60. The standard InChI is InChI=1S/C12H6ClF3N2OS.C6H12O/c13-6-1-2-9(18-12(6)20)11(19)17-5-3-7(14)10(16)8(15)4-5;7-6-4-2-1-3-5-6/h1-4H,(H,17,19)(H,18,20);6-7H,1-5H2. The van der Waals surface area contributed by atoms with E-state index in [1.54, 1.807) is 0 Å². The number of rotatable bonds is 2. The van der Waals surface area contributed by atoms with E-state index in [2.05, 4.69) is 10.3 Å². The molecule has 3 N–H and O–H groups in total. The van der Waals surface area contributed by atoms with Crippen molar-refractivity contribution in [2.75, 3.05) is 5.32 Å². The van der Waals surface area contributed by atoms with Gasteiger partial charge in [0.1, 0.15) is 10.3 Å². The van der Waals surface area contributed by atoms with Crippen molar-refractivity contribution in [3.8, 4) is 0 Å². The summed E-state index contributed by atoms with van der Waals surface area (Å²) in [5.74, 6) is -5.10. The summed E-state index contributed by atoms with van der Waals surface area (Å²) < 4.78 is 38.9. The molecule has 1 aliphatic carbocycles. The highest BCUT2D eigenvalue weighted by atomic mass is 35.5. The molecule has 9 heteroatoms. The summed E-state index contributed by atoms with van der Waals surface area (Å²) in [5.41, 5.74) is -0.176. The number of H-pyrrole nitrogens is 1. The van der Waals surface area contributed by atoms with Crippen LogP contribution >= 0.6 is 23.8 Å². The third kappa shape index (κ3) is 6.34. The number of aromatic nitrogens is 1. The highest BCUT2D eigenvalue weighted by molar-refractivity contribution is 7.71. The molecular formula is C18H18ClF3N2O2S. The molecule has 1 aromatic heterocycles. The second-order valence-corrected chi connectivity index (χ2v) is 6.86. The van der Waals surface area contributed by atoms with E-state index in [0.29, 0.717) is 12.1 Å². The Hall–Kier alpha value is -1.90. The van der Waals surface area contributed by atoms with E-state index in [-0.39, 0.29) is 27.1 Å². The van der Waals surface area contributed by atoms with E-state index in [1.807, 2.05) is 0 Å². The molecule has 1 aliphatic rings. The van der Waals surface area contributed by atoms with Gasteiger partial charge in [-0.05, 0) is 25.0 Å². The number of pyridine rings is 1. The van der Waals surface area contributed by atoms with E-state index in [9.17, 15) is 18.0 Å². The van der Waals surface area contributed by atoms with Gasteiger partial charge < -0.3 is 15.4 Å². The number of nitrogens with one attached hydrogen (secondary N) is 2. The average Bonchev–Trinajstić information content (AvgIpc) is 2.63. The molecule has 0 radical (unpaired) electrons. The summed E-state index contributed by atoms with van der Waals surface area (Å²) in [5, 5.41) is 11.4. The number of halogens is 4. The molecule has 146 valence electrons. The lowest BCUT2D eigenvalue weighted by atomic mass is 9.98. The monoisotopic (exact) mass is 418 g/mol. The third-order valence-corrected chi connectivity index (χ3v) is 4.67. The Balaban J connectivity index is 0.000000313. The predicted molar refractivity (Wildman–Crippen MR) is 100.0 cm³/mol. The van der Waals surface area contributed by atoms with Crippen LogP contribution in [0.15, 0.2) is 24.3 Å². The van der Waals surface area contributed by atoms with Gasteiger partial charge in [-0.2, -0.15) is 0 Å². The lowest BCUT2D eigenvalue weighted by Gasteiger charge is -2.14. The summed E-state index contributed by atoms with van der Waals surface area (Å²) in [6, 6.07) is 4.09. The minimum absolute atomic E-state index is 0.0359. The van der Waals surface area contributed by atoms with E-state index in [1.165, 1.54) is 31.4 Å². The van der Waals surface area contributed by atoms with Crippen molar-refractivity contribution in [1.29, 1.82) is 0 Å². The molecule has 1 amide bonds. The highest BCUT2D eigenvalue weighted by Crippen LogP contribution is 2.18. The van der Waals surface area contributed by atoms with Crippen LogP contribution in [-0.4, -0.2) is 22.1 Å². The molecule has 27 heavy (non-hydrogen) atoms. The number of carbonyl (C=O) groups is 1. The third-order valence-electron chi connectivity index (χ3n) is 3.92. The van der Waals surface area contributed by atoms with Crippen LogP contribution in [0.2, 0.25) is 5.02 Å². The van der Waals surface area contributed by atoms with Crippen molar-refractivity contribution in [2.45, 2.75) is 38.2 Å². The van der Waals surface area contributed by atoms with Crippen LogP contribution in [0.1, 0.15) is 42.6 Å². The van der Waals surface area contributed by atoms with Crippen LogP contribution in [0.3, 0.4) is 0 Å². The van der Waals surface area contributed by atoms with Crippen LogP contribution in [0, 0.1) is 22.1 Å². The zero-order valence-corrected chi connectivity index (χ0v) is 15.8. The summed E-state index contributed by atoms with van der Waals surface area (Å²) in [7, 11) is 0. The molecule has 1 aromatic carbocycles. The maximum atomic E-state index is 13.0. The number of hydrogen-bond donors (Lipinski definition) is 3. The van der Waals surface area contributed by atoms with Gasteiger partial charge in [-0.3, -0.25) is 4.79 Å². The largest absolute Gasteiger partial charge is 0.393 e. The first-order valence-corrected chi connectivity index (χ1v) is 9.09. The van der Waals surface area contributed by atoms with Gasteiger partial charge in [0.05, 0.1) is 11.1 Å². The smallest absolute Gasteiger partial charge is 0.272 e. The molecule has 3 rings (SSSR count). The predicted octanol–water partition coefficient (Wildman–Crippen LogP) is 5.38. The Labute approximate surface area is 164 Å². The molecule has 0 atom stereocenters. The number of anilines is 1. The molecule has 0 bridgehead atoms. The number of aromatic amines is 1. The SMILES string of the molecule is O=C(Nc1cc(F)c(F)c(F)c1)c1ccc(Cl)c(=S)[nH]1.OC1CCCCC1. The van der Waals surface area contributed by atoms with Gasteiger partial charge in [-0.15, -0.1) is 0 Å². The summed E-state index contributed by atoms with van der Waals surface area (Å²) in [4.78, 5) is 14.4. The first kappa shape index (κ1) is 21.4. The average molecular weight is 419 g/mol. The van der Waals surface area contributed by atoms with Crippen LogP contribution in [0.4, 0.5) is 18.9 Å². The van der Waals surface area contributed by atoms with Crippen molar-refractivity contribution in [2.24, 2.45) is 0 Å². The molecule has 4 nitrogen and oxygen atoms in total. The van der Waals surface area contributed by atoms with Gasteiger partial charge in [0.25, 0.3) is 5.91 Å². The molecule has 0 saturated heterocycles. The van der Waals surface area contributed by atoms with Gasteiger partial charge in [0, 0.05) is 17.8 Å². The lowest BCUT2D eigenvalue weighted by molar-refractivity contribution is 0.102. The van der Waals surface area contributed by atoms with Gasteiger partial charge >= 0.3 is 0 Å². The fourth-order valence-electron chi connectivity index (χ4n) is 2.50. The molecule has 2 aromatic rings. The van der Waals surface area contributed by atoms with Crippen LogP contribution in [-0.2, 0) is 0 Å². The second-order valence-electron chi connectivity index (χ2n) is 6.05. The summed E-state index contributed by atoms with van der Waals surface area (Å²) >= 11 is 10.5. The molecule has 1 saturated carbocycles. The highest BCUT2D eigenvalue weighted by Gasteiger charge is 2.13. The van der Waals surface area contributed by atoms with Crippen molar-refractivity contribution < 1.29 is 23.1 Å². The zero-order valence-electron chi connectivity index (χ0n) is 14.2. The molecular weight excluding hydrogens is 401 g/mol. The van der Waals surface area contributed by atoms with Crippen LogP contribution in [0.25, 0.3) is 0 Å². The number of aliphatic hydroxyl groups is 1. The van der Waals surface area contributed by atoms with Crippen molar-refractivity contribution in [3.63, 3.8) is 0 Å². The number of aliphatic hydroxyl groups excluding tert-OH is 1. The van der Waals surface area contributed by atoms with Crippen molar-refractivity contribution in [1.82, 2.24) is 4.98 Å². The van der Waals surface area contributed by atoms with E-state index in [0.717, 1.165) is 12.8 Å². The normalized spacial score (nSPS) is 14.3. The quantitative estimate of drug-likeness (QED) is 0.453. The van der Waals surface area contributed by atoms with E-state index >= 15 is 0 Å². The van der Waals surface area contributed by atoms with Crippen LogP contribution in [0.5, 0.6) is 0 Å². The molecule has 1 fully saturated rings. The maximum Gasteiger partial charge on any atom is 0.272 e. The fraction of sp³-hybridized carbons (Fsp3) is 0.333. The Morgan fingerprint density at radius 2 is 1.74 bits per heavy atom. The van der Waals surface area contributed by atoms with Gasteiger partial charge in [0.2, 0.25) is 0 Å². The Kier molecular flexibility index (Phi) is 7.82. The first-order valence-electron chi connectivity index (χ1n) is 8.30. The molecule has 0 unspecified atom stereocenters. The number of amides is 1. The Morgan fingerprint density at radius 1 is 1.15 bits per heavy atom. The number of carbonyl (C=O) groups excluding carboxylic acids is 1. The second kappa shape index (κ2) is 9.87. The summed E-state index contributed by atoms with van der Waals surface area (Å²) in [6.45, 7) is 0. The van der Waals surface area contributed by atoms with Crippen LogP contribution < -0.4 is 5.32 Å². The van der Waals surface area contributed by atoms with E-state index < -0.39 is 23.4 Å². The minimum Gasteiger partial charge on any atom is -0.393 e. The van der Waals surface area contributed by atoms with Gasteiger partial charge in [0.15, 0.2) is 17.5 Å². The van der Waals surface area contributed by atoms with Crippen molar-refractivity contribution >= 4 is 35.4 Å². The lowest BCUT2D eigenvalue weighted by Crippen LogP contribution is -2.14. The molecule has 0 spiro atoms. The topological polar surface area (TPSA) is 65.1 Å². The first-order chi connectivity index (χ1) is 12.8. The number of benzene rings is 1. The fourth-order valence-corrected chi connectivity index (χ4v) is 2.78. The van der Waals surface area contributed by atoms with Gasteiger partial charge in [-0.25, -0.2) is 13.2 Å². The zero-order chi connectivity index (χ0) is 20.0.